The topological polar surface area (TPSA) is 83.5 Å². The van der Waals surface area contributed by atoms with Crippen molar-refractivity contribution in [2.24, 2.45) is 5.92 Å². The van der Waals surface area contributed by atoms with Gasteiger partial charge in [-0.2, -0.15) is 0 Å². The van der Waals surface area contributed by atoms with Gasteiger partial charge in [0.2, 0.25) is 0 Å². The van der Waals surface area contributed by atoms with Crippen molar-refractivity contribution < 1.29 is 19.5 Å². The van der Waals surface area contributed by atoms with E-state index in [0.29, 0.717) is 24.8 Å². The van der Waals surface area contributed by atoms with Crippen LogP contribution in [-0.2, 0) is 9.59 Å². The Balaban J connectivity index is 2.50. The molecule has 0 aliphatic rings. The molecule has 1 aromatic carbocycles. The molecule has 2 unspecified atom stereocenters. The minimum Gasteiger partial charge on any atom is -0.481 e. The second-order valence-corrected chi connectivity index (χ2v) is 5.62. The maximum absolute atomic E-state index is 12.1. The first-order valence-corrected chi connectivity index (χ1v) is 7.48. The molecule has 0 fully saturated rings. The van der Waals surface area contributed by atoms with Gasteiger partial charge in [-0.25, -0.2) is 0 Å². The van der Waals surface area contributed by atoms with E-state index in [2.05, 4.69) is 5.32 Å². The summed E-state index contributed by atoms with van der Waals surface area (Å²) >= 11 is 0. The monoisotopic (exact) mass is 305 g/mol. The largest absolute Gasteiger partial charge is 0.481 e. The third-order valence-electron chi connectivity index (χ3n) is 3.63. The van der Waals surface area contributed by atoms with E-state index in [1.807, 2.05) is 13.0 Å². The van der Waals surface area contributed by atoms with Gasteiger partial charge in [-0.15, -0.1) is 0 Å². The fourth-order valence-electron chi connectivity index (χ4n) is 2.17. The van der Waals surface area contributed by atoms with E-state index in [0.717, 1.165) is 0 Å². The normalized spacial score (nSPS) is 13.2. The number of aliphatic carboxylic acids is 1. The van der Waals surface area contributed by atoms with Gasteiger partial charge in [-0.1, -0.05) is 25.1 Å². The number of ketones is 1. The predicted molar refractivity (Wildman–Crippen MR) is 83.6 cm³/mol. The van der Waals surface area contributed by atoms with Gasteiger partial charge in [-0.05, 0) is 44.2 Å². The van der Waals surface area contributed by atoms with Crippen LogP contribution in [0.1, 0.15) is 49.9 Å². The average molecular weight is 305 g/mol. The van der Waals surface area contributed by atoms with Crippen molar-refractivity contribution in [3.05, 3.63) is 35.9 Å². The molecule has 22 heavy (non-hydrogen) atoms. The molecule has 0 aliphatic heterocycles. The standard InChI is InChI=1S/C17H23NO4/c1-12(9-11-16(20)21)8-10-15(13(2)19)18-17(22)14-6-4-3-5-7-14/h3-7,12,15H,8-11H2,1-2H3,(H,18,22)(H,20,21). The lowest BCUT2D eigenvalue weighted by Crippen LogP contribution is -2.40. The van der Waals surface area contributed by atoms with Crippen LogP contribution in [0.5, 0.6) is 0 Å². The number of carbonyl (C=O) groups is 3. The number of amides is 1. The van der Waals surface area contributed by atoms with Crippen LogP contribution in [0.4, 0.5) is 0 Å². The molecule has 0 radical (unpaired) electrons. The van der Waals surface area contributed by atoms with Gasteiger partial charge in [0.25, 0.3) is 5.91 Å². The molecule has 0 spiro atoms. The Morgan fingerprint density at radius 3 is 2.27 bits per heavy atom. The van der Waals surface area contributed by atoms with Gasteiger partial charge < -0.3 is 10.4 Å². The van der Waals surface area contributed by atoms with Crippen molar-refractivity contribution in [1.29, 1.82) is 0 Å². The first-order chi connectivity index (χ1) is 10.4. The molecule has 1 rings (SSSR count). The Hall–Kier alpha value is -2.17. The summed E-state index contributed by atoms with van der Waals surface area (Å²) in [4.78, 5) is 34.3. The van der Waals surface area contributed by atoms with Gasteiger partial charge in [0.05, 0.1) is 6.04 Å². The summed E-state index contributed by atoms with van der Waals surface area (Å²) in [6.07, 6.45) is 1.93. The summed E-state index contributed by atoms with van der Waals surface area (Å²) in [5, 5.41) is 11.4. The molecular formula is C17H23NO4. The number of hydrogen-bond acceptors (Lipinski definition) is 3. The van der Waals surface area contributed by atoms with E-state index in [1.165, 1.54) is 6.92 Å². The molecule has 2 atom stereocenters. The Morgan fingerprint density at radius 1 is 1.09 bits per heavy atom. The third kappa shape index (κ3) is 6.52. The van der Waals surface area contributed by atoms with Crippen LogP contribution >= 0.6 is 0 Å². The van der Waals surface area contributed by atoms with Crippen molar-refractivity contribution in [2.75, 3.05) is 0 Å². The SMILES string of the molecule is CC(=O)C(CCC(C)CCC(=O)O)NC(=O)c1ccccc1. The predicted octanol–water partition coefficient (Wildman–Crippen LogP) is 2.66. The van der Waals surface area contributed by atoms with Crippen molar-refractivity contribution >= 4 is 17.7 Å². The zero-order valence-corrected chi connectivity index (χ0v) is 13.0. The number of Topliss-reactive ketones (excluding diaryl/α,β-unsaturated/α-hetero) is 1. The Kier molecular flexibility index (Phi) is 7.29. The van der Waals surface area contributed by atoms with Crippen molar-refractivity contribution in [1.82, 2.24) is 5.32 Å². The van der Waals surface area contributed by atoms with Gasteiger partial charge in [0.1, 0.15) is 0 Å². The third-order valence-corrected chi connectivity index (χ3v) is 3.63. The number of carboxylic acids is 1. The highest BCUT2D eigenvalue weighted by Crippen LogP contribution is 2.15. The smallest absolute Gasteiger partial charge is 0.303 e. The Morgan fingerprint density at radius 2 is 1.73 bits per heavy atom. The van der Waals surface area contributed by atoms with Gasteiger partial charge in [0, 0.05) is 12.0 Å². The molecule has 5 nitrogen and oxygen atoms in total. The fraction of sp³-hybridized carbons (Fsp3) is 0.471. The van der Waals surface area contributed by atoms with Crippen molar-refractivity contribution in [3.63, 3.8) is 0 Å². The number of carboxylic acid groups (broad SMARTS) is 1. The molecule has 0 bridgehead atoms. The number of benzene rings is 1. The first kappa shape index (κ1) is 17.9. The summed E-state index contributed by atoms with van der Waals surface area (Å²) in [5.74, 6) is -0.965. The van der Waals surface area contributed by atoms with Crippen LogP contribution in [-0.4, -0.2) is 28.8 Å². The molecular weight excluding hydrogens is 282 g/mol. The van der Waals surface area contributed by atoms with E-state index in [9.17, 15) is 14.4 Å². The van der Waals surface area contributed by atoms with Crippen LogP contribution in [0.2, 0.25) is 0 Å². The maximum Gasteiger partial charge on any atom is 0.303 e. The van der Waals surface area contributed by atoms with Gasteiger partial charge in [0.15, 0.2) is 5.78 Å². The molecule has 120 valence electrons. The Bertz CT molecular complexity index is 513. The fourth-order valence-corrected chi connectivity index (χ4v) is 2.17. The summed E-state index contributed by atoms with van der Waals surface area (Å²) in [7, 11) is 0. The number of carbonyl (C=O) groups excluding carboxylic acids is 2. The number of rotatable bonds is 9. The van der Waals surface area contributed by atoms with Crippen LogP contribution in [0.3, 0.4) is 0 Å². The van der Waals surface area contributed by atoms with Gasteiger partial charge >= 0.3 is 5.97 Å². The second-order valence-electron chi connectivity index (χ2n) is 5.62. The van der Waals surface area contributed by atoms with E-state index in [-0.39, 0.29) is 24.0 Å². The first-order valence-electron chi connectivity index (χ1n) is 7.48. The van der Waals surface area contributed by atoms with Crippen molar-refractivity contribution in [3.8, 4) is 0 Å². The van der Waals surface area contributed by atoms with E-state index >= 15 is 0 Å². The summed E-state index contributed by atoms with van der Waals surface area (Å²) in [6.45, 7) is 3.41. The molecule has 2 N–H and O–H groups in total. The molecule has 0 saturated heterocycles. The minimum atomic E-state index is -0.813. The lowest BCUT2D eigenvalue weighted by molar-refractivity contribution is -0.137. The lowest BCUT2D eigenvalue weighted by atomic mass is 9.95. The number of nitrogens with one attached hydrogen (secondary N) is 1. The summed E-state index contributed by atoms with van der Waals surface area (Å²) < 4.78 is 0. The highest BCUT2D eigenvalue weighted by atomic mass is 16.4. The molecule has 0 aromatic heterocycles. The minimum absolute atomic E-state index is 0.0882. The molecule has 5 heteroatoms. The zero-order chi connectivity index (χ0) is 16.5. The molecule has 0 saturated carbocycles. The molecule has 0 aliphatic carbocycles. The highest BCUT2D eigenvalue weighted by molar-refractivity contribution is 5.97. The van der Waals surface area contributed by atoms with Crippen LogP contribution < -0.4 is 5.32 Å². The van der Waals surface area contributed by atoms with Crippen molar-refractivity contribution in [2.45, 2.75) is 45.6 Å². The number of hydrogen-bond donors (Lipinski definition) is 2. The highest BCUT2D eigenvalue weighted by Gasteiger charge is 2.19. The lowest BCUT2D eigenvalue weighted by Gasteiger charge is -2.18. The van der Waals surface area contributed by atoms with E-state index < -0.39 is 12.0 Å². The van der Waals surface area contributed by atoms with Gasteiger partial charge in [-0.3, -0.25) is 14.4 Å². The summed E-state index contributed by atoms with van der Waals surface area (Å²) in [5.41, 5.74) is 0.521. The molecule has 1 amide bonds. The maximum atomic E-state index is 12.1. The van der Waals surface area contributed by atoms with Crippen LogP contribution in [0, 0.1) is 5.92 Å². The van der Waals surface area contributed by atoms with Crippen LogP contribution in [0.25, 0.3) is 0 Å². The van der Waals surface area contributed by atoms with Crippen LogP contribution in [0.15, 0.2) is 30.3 Å². The van der Waals surface area contributed by atoms with E-state index in [4.69, 9.17) is 5.11 Å². The second kappa shape index (κ2) is 8.97. The quantitative estimate of drug-likeness (QED) is 0.734. The molecule has 0 heterocycles. The Labute approximate surface area is 130 Å². The average Bonchev–Trinajstić information content (AvgIpc) is 2.49. The summed E-state index contributed by atoms with van der Waals surface area (Å²) in [6, 6.07) is 8.23. The van der Waals surface area contributed by atoms with E-state index in [1.54, 1.807) is 24.3 Å². The molecule has 1 aromatic rings. The zero-order valence-electron chi connectivity index (χ0n) is 13.0.